The van der Waals surface area contributed by atoms with Gasteiger partial charge in [0.2, 0.25) is 17.7 Å². The summed E-state index contributed by atoms with van der Waals surface area (Å²) in [5.41, 5.74) is 6.42. The zero-order valence-corrected chi connectivity index (χ0v) is 18.4. The van der Waals surface area contributed by atoms with Gasteiger partial charge >= 0.3 is 11.9 Å². The second-order valence-corrected chi connectivity index (χ2v) is 7.90. The van der Waals surface area contributed by atoms with Crippen LogP contribution in [0.25, 0.3) is 0 Å². The van der Waals surface area contributed by atoms with E-state index in [1.165, 1.54) is 11.8 Å². The van der Waals surface area contributed by atoms with Gasteiger partial charge in [0, 0.05) is 6.42 Å². The molecule has 1 aromatic rings. The molecule has 0 heterocycles. The second kappa shape index (κ2) is 14.0. The summed E-state index contributed by atoms with van der Waals surface area (Å²) in [5.74, 6) is -4.29. The quantitative estimate of drug-likeness (QED) is 0.198. The van der Waals surface area contributed by atoms with E-state index in [0.29, 0.717) is 17.7 Å². The van der Waals surface area contributed by atoms with Crippen LogP contribution in [-0.2, 0) is 30.4 Å². The van der Waals surface area contributed by atoms with Crippen LogP contribution < -0.4 is 21.7 Å². The summed E-state index contributed by atoms with van der Waals surface area (Å²) in [4.78, 5) is 59.1. The number of rotatable bonds is 14. The zero-order chi connectivity index (χ0) is 24.1. The fraction of sp³-hybridized carbons (Fsp3) is 0.450. The van der Waals surface area contributed by atoms with Gasteiger partial charge in [-0.2, -0.15) is 11.8 Å². The van der Waals surface area contributed by atoms with Gasteiger partial charge < -0.3 is 31.9 Å². The van der Waals surface area contributed by atoms with Crippen LogP contribution in [0.5, 0.6) is 0 Å². The van der Waals surface area contributed by atoms with Crippen molar-refractivity contribution in [3.8, 4) is 0 Å². The van der Waals surface area contributed by atoms with Crippen molar-refractivity contribution in [3.63, 3.8) is 0 Å². The summed E-state index contributed by atoms with van der Waals surface area (Å²) in [6.07, 6.45) is 1.52. The van der Waals surface area contributed by atoms with Gasteiger partial charge in [-0.05, 0) is 24.0 Å². The van der Waals surface area contributed by atoms with E-state index in [4.69, 9.17) is 15.9 Å². The molecule has 0 fully saturated rings. The minimum Gasteiger partial charge on any atom is -0.481 e. The number of thioether (sulfide) groups is 1. The van der Waals surface area contributed by atoms with E-state index in [2.05, 4.69) is 16.0 Å². The lowest BCUT2D eigenvalue weighted by molar-refractivity contribution is -0.147. The number of carboxylic acids is 2. The van der Waals surface area contributed by atoms with Gasteiger partial charge in [0.15, 0.2) is 0 Å². The number of carbonyl (C=O) groups is 5. The Bertz CT molecular complexity index is 806. The summed E-state index contributed by atoms with van der Waals surface area (Å²) in [7, 11) is 0. The molecule has 0 radical (unpaired) electrons. The van der Waals surface area contributed by atoms with E-state index in [9.17, 15) is 24.0 Å². The molecule has 0 aliphatic rings. The van der Waals surface area contributed by atoms with Gasteiger partial charge in [-0.25, -0.2) is 4.79 Å². The van der Waals surface area contributed by atoms with Crippen molar-refractivity contribution >= 4 is 41.4 Å². The number of amides is 3. The molecule has 7 N–H and O–H groups in total. The SMILES string of the molecule is CSCCC(N)C(=O)NCC(=O)NC(Cc1ccccc1)C(=O)NC(CC(=O)O)C(=O)O. The molecule has 0 aliphatic carbocycles. The Kier molecular flexibility index (Phi) is 11.8. The van der Waals surface area contributed by atoms with Crippen LogP contribution in [0.4, 0.5) is 0 Å². The number of hydrogen-bond donors (Lipinski definition) is 6. The molecule has 32 heavy (non-hydrogen) atoms. The summed E-state index contributed by atoms with van der Waals surface area (Å²) in [6.45, 7) is -0.429. The number of carboxylic acid groups (broad SMARTS) is 2. The highest BCUT2D eigenvalue weighted by atomic mass is 32.2. The largest absolute Gasteiger partial charge is 0.481 e. The first kappa shape index (κ1) is 26.9. The smallest absolute Gasteiger partial charge is 0.326 e. The molecular formula is C20H28N4O7S. The molecule has 0 saturated heterocycles. The Labute approximate surface area is 189 Å². The van der Waals surface area contributed by atoms with E-state index in [1.54, 1.807) is 30.3 Å². The van der Waals surface area contributed by atoms with E-state index >= 15 is 0 Å². The molecule has 176 valence electrons. The van der Waals surface area contributed by atoms with Crippen LogP contribution in [0.2, 0.25) is 0 Å². The van der Waals surface area contributed by atoms with Crippen molar-refractivity contribution in [2.45, 2.75) is 37.4 Å². The molecule has 3 unspecified atom stereocenters. The highest BCUT2D eigenvalue weighted by Gasteiger charge is 2.28. The monoisotopic (exact) mass is 468 g/mol. The minimum absolute atomic E-state index is 0.0268. The van der Waals surface area contributed by atoms with Gasteiger partial charge in [0.05, 0.1) is 19.0 Å². The van der Waals surface area contributed by atoms with Gasteiger partial charge in [-0.3, -0.25) is 19.2 Å². The lowest BCUT2D eigenvalue weighted by atomic mass is 10.0. The Morgan fingerprint density at radius 3 is 2.22 bits per heavy atom. The average molecular weight is 469 g/mol. The second-order valence-electron chi connectivity index (χ2n) is 6.91. The van der Waals surface area contributed by atoms with Crippen molar-refractivity contribution in [1.29, 1.82) is 0 Å². The van der Waals surface area contributed by atoms with Gasteiger partial charge in [0.1, 0.15) is 12.1 Å². The lowest BCUT2D eigenvalue weighted by Crippen LogP contribution is -2.54. The average Bonchev–Trinajstić information content (AvgIpc) is 2.75. The third-order valence-electron chi connectivity index (χ3n) is 4.32. The third kappa shape index (κ3) is 10.3. The van der Waals surface area contributed by atoms with Crippen LogP contribution in [0.3, 0.4) is 0 Å². The fourth-order valence-electron chi connectivity index (χ4n) is 2.63. The van der Waals surface area contributed by atoms with Crippen molar-refractivity contribution in [2.24, 2.45) is 5.73 Å². The van der Waals surface area contributed by atoms with Crippen LogP contribution in [-0.4, -0.2) is 76.6 Å². The molecular weight excluding hydrogens is 440 g/mol. The summed E-state index contributed by atoms with van der Waals surface area (Å²) in [6, 6.07) is 5.02. The van der Waals surface area contributed by atoms with Crippen molar-refractivity contribution in [2.75, 3.05) is 18.6 Å². The van der Waals surface area contributed by atoms with E-state index < -0.39 is 60.8 Å². The molecule has 1 aromatic carbocycles. The summed E-state index contributed by atoms with van der Waals surface area (Å²) in [5, 5.41) is 25.0. The van der Waals surface area contributed by atoms with Crippen molar-refractivity contribution in [1.82, 2.24) is 16.0 Å². The predicted octanol–water partition coefficient (Wildman–Crippen LogP) is -1.05. The van der Waals surface area contributed by atoms with Crippen molar-refractivity contribution in [3.05, 3.63) is 35.9 Å². The molecule has 3 atom stereocenters. The first-order valence-electron chi connectivity index (χ1n) is 9.74. The van der Waals surface area contributed by atoms with Gasteiger partial charge in [0.25, 0.3) is 0 Å². The maximum atomic E-state index is 12.7. The molecule has 0 aliphatic heterocycles. The fourth-order valence-corrected chi connectivity index (χ4v) is 3.12. The maximum Gasteiger partial charge on any atom is 0.326 e. The standard InChI is InChI=1S/C20H28N4O7S/c1-32-8-7-13(21)18(28)22-11-16(25)23-14(9-12-5-3-2-4-6-12)19(29)24-15(20(30)31)10-17(26)27/h2-6,13-15H,7-11,21H2,1H3,(H,22,28)(H,23,25)(H,24,29)(H,26,27)(H,30,31). The van der Waals surface area contributed by atoms with Crippen LogP contribution >= 0.6 is 11.8 Å². The van der Waals surface area contributed by atoms with Crippen LogP contribution in [0.1, 0.15) is 18.4 Å². The highest BCUT2D eigenvalue weighted by Crippen LogP contribution is 2.05. The molecule has 11 nitrogen and oxygen atoms in total. The normalized spacial score (nSPS) is 13.3. The van der Waals surface area contributed by atoms with Crippen molar-refractivity contribution < 1.29 is 34.2 Å². The number of aliphatic carboxylic acids is 2. The zero-order valence-electron chi connectivity index (χ0n) is 17.6. The number of carbonyl (C=O) groups excluding carboxylic acids is 3. The van der Waals surface area contributed by atoms with Crippen LogP contribution in [0.15, 0.2) is 30.3 Å². The Morgan fingerprint density at radius 2 is 1.66 bits per heavy atom. The van der Waals surface area contributed by atoms with E-state index in [0.717, 1.165) is 0 Å². The van der Waals surface area contributed by atoms with E-state index in [1.807, 2.05) is 6.26 Å². The van der Waals surface area contributed by atoms with Gasteiger partial charge in [-0.1, -0.05) is 30.3 Å². The number of hydrogen-bond acceptors (Lipinski definition) is 7. The van der Waals surface area contributed by atoms with Gasteiger partial charge in [-0.15, -0.1) is 0 Å². The molecule has 0 saturated carbocycles. The Balaban J connectivity index is 2.81. The predicted molar refractivity (Wildman–Crippen MR) is 118 cm³/mol. The molecule has 12 heteroatoms. The summed E-state index contributed by atoms with van der Waals surface area (Å²) >= 11 is 1.53. The minimum atomic E-state index is -1.66. The highest BCUT2D eigenvalue weighted by molar-refractivity contribution is 7.98. The topological polar surface area (TPSA) is 188 Å². The number of nitrogens with two attached hydrogens (primary N) is 1. The van der Waals surface area contributed by atoms with E-state index in [-0.39, 0.29) is 6.42 Å². The first-order chi connectivity index (χ1) is 15.1. The number of benzene rings is 1. The molecule has 3 amide bonds. The third-order valence-corrected chi connectivity index (χ3v) is 4.96. The van der Waals surface area contributed by atoms with Crippen LogP contribution in [0, 0.1) is 0 Å². The maximum absolute atomic E-state index is 12.7. The Hall–Kier alpha value is -3.12. The first-order valence-corrected chi connectivity index (χ1v) is 11.1. The lowest BCUT2D eigenvalue weighted by Gasteiger charge is -2.21. The Morgan fingerprint density at radius 1 is 1.00 bits per heavy atom. The molecule has 0 bridgehead atoms. The molecule has 0 aromatic heterocycles. The number of nitrogens with one attached hydrogen (secondary N) is 3. The molecule has 1 rings (SSSR count). The summed E-state index contributed by atoms with van der Waals surface area (Å²) < 4.78 is 0. The molecule has 0 spiro atoms.